The number of para-hydroxylation sites is 1. The molecule has 0 atom stereocenters. The molecule has 0 unspecified atom stereocenters. The van der Waals surface area contributed by atoms with Crippen LogP contribution < -0.4 is 0 Å². The minimum absolute atomic E-state index is 0.201. The molecule has 0 aliphatic heterocycles. The van der Waals surface area contributed by atoms with E-state index in [0.29, 0.717) is 0 Å². The third-order valence-electron chi connectivity index (χ3n) is 3.17. The Kier molecular flexibility index (Phi) is 2.45. The fourth-order valence-corrected chi connectivity index (χ4v) is 5.03. The number of fused-ring (bicyclic) bond motifs is 2. The number of hydrogen-bond donors (Lipinski definition) is 1. The van der Waals surface area contributed by atoms with Crippen LogP contribution in [-0.4, -0.2) is 28.5 Å². The van der Waals surface area contributed by atoms with Gasteiger partial charge < -0.3 is 0 Å². The molecule has 2 heterocycles. The molecule has 0 spiro atoms. The standard InChI is InChI=1S/C14H9N3SSe/c18-14-10-5-1-2-7-12(10)19-17(14)11-6-3-4-9-8-15-16-13(9)11/h1-8H,(H,15,16). The van der Waals surface area contributed by atoms with Crippen LogP contribution in [0.15, 0.2) is 48.7 Å². The van der Waals surface area contributed by atoms with Crippen LogP contribution in [0, 0.1) is 4.64 Å². The Labute approximate surface area is 120 Å². The SMILES string of the molecule is S=c1c2ccccc2[se]n1-c1cccc2cn[nH]c12. The van der Waals surface area contributed by atoms with Gasteiger partial charge in [-0.25, -0.2) is 0 Å². The first-order valence-corrected chi connectivity index (χ1v) is 7.91. The van der Waals surface area contributed by atoms with Gasteiger partial charge in [-0.1, -0.05) is 0 Å². The molecule has 0 aliphatic carbocycles. The Balaban J connectivity index is 2.12. The summed E-state index contributed by atoms with van der Waals surface area (Å²) in [4.78, 5) is 0. The maximum atomic E-state index is 5.62. The second-order valence-electron chi connectivity index (χ2n) is 4.30. The van der Waals surface area contributed by atoms with Gasteiger partial charge in [0, 0.05) is 0 Å². The Hall–Kier alpha value is -1.68. The molecule has 19 heavy (non-hydrogen) atoms. The molecular formula is C14H9N3SSe. The summed E-state index contributed by atoms with van der Waals surface area (Å²) in [6.45, 7) is 0. The molecule has 3 nitrogen and oxygen atoms in total. The van der Waals surface area contributed by atoms with Crippen molar-refractivity contribution in [2.75, 3.05) is 0 Å². The van der Waals surface area contributed by atoms with Crippen LogP contribution in [0.4, 0.5) is 0 Å². The van der Waals surface area contributed by atoms with Crippen molar-refractivity contribution in [1.29, 1.82) is 0 Å². The number of nitrogens with zero attached hydrogens (tertiary/aromatic N) is 2. The van der Waals surface area contributed by atoms with Gasteiger partial charge in [0.2, 0.25) is 0 Å². The molecule has 0 radical (unpaired) electrons. The van der Waals surface area contributed by atoms with Crippen molar-refractivity contribution in [2.24, 2.45) is 0 Å². The molecular weight excluding hydrogens is 321 g/mol. The number of hydrogen-bond acceptors (Lipinski definition) is 2. The summed E-state index contributed by atoms with van der Waals surface area (Å²) in [5.41, 5.74) is 2.18. The van der Waals surface area contributed by atoms with E-state index in [1.165, 1.54) is 9.65 Å². The van der Waals surface area contributed by atoms with Crippen molar-refractivity contribution >= 4 is 47.5 Å². The first-order chi connectivity index (χ1) is 9.34. The zero-order valence-electron chi connectivity index (χ0n) is 9.83. The van der Waals surface area contributed by atoms with E-state index in [0.717, 1.165) is 21.2 Å². The molecule has 2 aromatic heterocycles. The van der Waals surface area contributed by atoms with Crippen LogP contribution in [0.5, 0.6) is 0 Å². The third kappa shape index (κ3) is 1.63. The summed E-state index contributed by atoms with van der Waals surface area (Å²) in [5, 5.41) is 9.50. The normalized spacial score (nSPS) is 11.4. The van der Waals surface area contributed by atoms with Crippen molar-refractivity contribution in [2.45, 2.75) is 0 Å². The molecule has 0 fully saturated rings. The first-order valence-electron chi connectivity index (χ1n) is 5.88. The Bertz CT molecular complexity index is 948. The second-order valence-corrected chi connectivity index (χ2v) is 6.76. The summed E-state index contributed by atoms with van der Waals surface area (Å²) < 4.78 is 4.49. The monoisotopic (exact) mass is 331 g/mol. The molecule has 92 valence electrons. The van der Waals surface area contributed by atoms with Crippen LogP contribution in [0.2, 0.25) is 0 Å². The Morgan fingerprint density at radius 3 is 2.89 bits per heavy atom. The van der Waals surface area contributed by atoms with Crippen LogP contribution in [-0.2, 0) is 0 Å². The topological polar surface area (TPSA) is 33.6 Å². The summed E-state index contributed by atoms with van der Waals surface area (Å²) in [7, 11) is 0. The second kappa shape index (κ2) is 4.17. The van der Waals surface area contributed by atoms with Crippen LogP contribution >= 0.6 is 12.2 Å². The average molecular weight is 330 g/mol. The van der Waals surface area contributed by atoms with Crippen LogP contribution in [0.25, 0.3) is 26.2 Å². The van der Waals surface area contributed by atoms with E-state index in [4.69, 9.17) is 12.2 Å². The molecule has 0 amide bonds. The van der Waals surface area contributed by atoms with E-state index in [1.54, 1.807) is 0 Å². The summed E-state index contributed by atoms with van der Waals surface area (Å²) >= 11 is 5.82. The van der Waals surface area contributed by atoms with Gasteiger partial charge in [-0.2, -0.15) is 0 Å². The summed E-state index contributed by atoms with van der Waals surface area (Å²) in [6, 6.07) is 14.6. The maximum absolute atomic E-state index is 5.62. The number of nitrogens with one attached hydrogen (secondary N) is 1. The van der Waals surface area contributed by atoms with Gasteiger partial charge in [0.25, 0.3) is 0 Å². The molecule has 0 saturated heterocycles. The van der Waals surface area contributed by atoms with E-state index in [1.807, 2.05) is 12.3 Å². The van der Waals surface area contributed by atoms with E-state index in [2.05, 4.69) is 50.2 Å². The van der Waals surface area contributed by atoms with Crippen LogP contribution in [0.3, 0.4) is 0 Å². The number of benzene rings is 2. The van der Waals surface area contributed by atoms with Crippen molar-refractivity contribution < 1.29 is 0 Å². The fraction of sp³-hybridized carbons (Fsp3) is 0. The van der Waals surface area contributed by atoms with Gasteiger partial charge in [-0.15, -0.1) is 0 Å². The molecule has 0 bridgehead atoms. The molecule has 2 aromatic carbocycles. The zero-order valence-corrected chi connectivity index (χ0v) is 12.4. The number of aromatic amines is 1. The average Bonchev–Trinajstić information content (AvgIpc) is 3.04. The first kappa shape index (κ1) is 11.2. The van der Waals surface area contributed by atoms with Gasteiger partial charge in [0.15, 0.2) is 0 Å². The number of aromatic nitrogens is 3. The number of rotatable bonds is 1. The summed E-state index contributed by atoms with van der Waals surface area (Å²) in [5.74, 6) is 0. The number of H-pyrrole nitrogens is 1. The minimum atomic E-state index is 0.201. The van der Waals surface area contributed by atoms with Gasteiger partial charge in [-0.05, 0) is 0 Å². The molecule has 5 heteroatoms. The molecule has 0 saturated carbocycles. The molecule has 4 aromatic rings. The quantitative estimate of drug-likeness (QED) is 0.429. The summed E-state index contributed by atoms with van der Waals surface area (Å²) in [6.07, 6.45) is 1.85. The van der Waals surface area contributed by atoms with Crippen molar-refractivity contribution in [3.8, 4) is 5.69 Å². The van der Waals surface area contributed by atoms with Gasteiger partial charge in [0.1, 0.15) is 0 Å². The van der Waals surface area contributed by atoms with Gasteiger partial charge in [0.05, 0.1) is 0 Å². The third-order valence-corrected chi connectivity index (χ3v) is 6.17. The van der Waals surface area contributed by atoms with E-state index in [9.17, 15) is 0 Å². The molecule has 4 rings (SSSR count). The van der Waals surface area contributed by atoms with Crippen molar-refractivity contribution in [3.63, 3.8) is 0 Å². The van der Waals surface area contributed by atoms with Crippen LogP contribution in [0.1, 0.15) is 0 Å². The predicted molar refractivity (Wildman–Crippen MR) is 80.7 cm³/mol. The van der Waals surface area contributed by atoms with Crippen molar-refractivity contribution in [3.05, 3.63) is 53.3 Å². The van der Waals surface area contributed by atoms with E-state index in [-0.39, 0.29) is 14.7 Å². The Morgan fingerprint density at radius 1 is 1.11 bits per heavy atom. The molecule has 1 N–H and O–H groups in total. The van der Waals surface area contributed by atoms with Gasteiger partial charge in [-0.3, -0.25) is 0 Å². The Morgan fingerprint density at radius 2 is 2.00 bits per heavy atom. The van der Waals surface area contributed by atoms with E-state index < -0.39 is 0 Å². The predicted octanol–water partition coefficient (Wildman–Crippen LogP) is 3.29. The molecule has 0 aliphatic rings. The zero-order chi connectivity index (χ0) is 12.8. The van der Waals surface area contributed by atoms with Crippen molar-refractivity contribution in [1.82, 2.24) is 13.8 Å². The van der Waals surface area contributed by atoms with E-state index >= 15 is 0 Å². The fourth-order valence-electron chi connectivity index (χ4n) is 2.25. The van der Waals surface area contributed by atoms with Gasteiger partial charge >= 0.3 is 120 Å².